The van der Waals surface area contributed by atoms with Crippen LogP contribution in [0.4, 0.5) is 5.69 Å². The Hall–Kier alpha value is -2.64. The lowest BCUT2D eigenvalue weighted by atomic mass is 10.0. The van der Waals surface area contributed by atoms with Gasteiger partial charge in [-0.15, -0.1) is 0 Å². The Morgan fingerprint density at radius 1 is 1.15 bits per heavy atom. The highest BCUT2D eigenvalue weighted by atomic mass is 32.2. The molecule has 7 heteroatoms. The van der Waals surface area contributed by atoms with E-state index in [1.807, 2.05) is 30.5 Å². The SMILES string of the molecule is CN1C(=O)CCc2cc(S(=O)(=O)NCc3c[nH]c4ccccc34)ccc21. The van der Waals surface area contributed by atoms with Crippen LogP contribution in [0.25, 0.3) is 10.9 Å². The standard InChI is InChI=1S/C19H19N3O3S/c1-22-18-8-7-15(10-13(18)6-9-19(22)23)26(24,25)21-12-14-11-20-17-5-3-2-4-16(14)17/h2-5,7-8,10-11,20-21H,6,9,12H2,1H3. The molecule has 0 fully saturated rings. The number of aromatic amines is 1. The lowest BCUT2D eigenvalue weighted by molar-refractivity contribution is -0.118. The van der Waals surface area contributed by atoms with Crippen LogP contribution < -0.4 is 9.62 Å². The molecule has 134 valence electrons. The number of benzene rings is 2. The van der Waals surface area contributed by atoms with E-state index >= 15 is 0 Å². The normalized spacial score (nSPS) is 14.7. The molecule has 6 nitrogen and oxygen atoms in total. The van der Waals surface area contributed by atoms with Gasteiger partial charge in [0.15, 0.2) is 0 Å². The number of para-hydroxylation sites is 1. The molecular weight excluding hydrogens is 350 g/mol. The van der Waals surface area contributed by atoms with Gasteiger partial charge in [-0.2, -0.15) is 0 Å². The second kappa shape index (κ2) is 6.26. The summed E-state index contributed by atoms with van der Waals surface area (Å²) in [6, 6.07) is 12.7. The summed E-state index contributed by atoms with van der Waals surface area (Å²) in [6.07, 6.45) is 2.78. The van der Waals surface area contributed by atoms with Crippen LogP contribution in [0, 0.1) is 0 Å². The van der Waals surface area contributed by atoms with Crippen LogP contribution in [0.5, 0.6) is 0 Å². The largest absolute Gasteiger partial charge is 0.361 e. The monoisotopic (exact) mass is 369 g/mol. The first kappa shape index (κ1) is 16.8. The highest BCUT2D eigenvalue weighted by molar-refractivity contribution is 7.89. The third-order valence-corrected chi connectivity index (χ3v) is 6.23. The minimum atomic E-state index is -3.64. The zero-order valence-electron chi connectivity index (χ0n) is 14.3. The molecule has 0 radical (unpaired) electrons. The fraction of sp³-hybridized carbons (Fsp3) is 0.211. The maximum atomic E-state index is 12.7. The number of H-pyrrole nitrogens is 1. The van der Waals surface area contributed by atoms with E-state index in [2.05, 4.69) is 9.71 Å². The molecule has 1 aromatic heterocycles. The Bertz CT molecular complexity index is 1100. The van der Waals surface area contributed by atoms with E-state index in [4.69, 9.17) is 0 Å². The summed E-state index contributed by atoms with van der Waals surface area (Å²) in [5.41, 5.74) is 3.52. The molecule has 1 aliphatic heterocycles. The summed E-state index contributed by atoms with van der Waals surface area (Å²) >= 11 is 0. The molecule has 26 heavy (non-hydrogen) atoms. The van der Waals surface area contributed by atoms with Crippen molar-refractivity contribution >= 4 is 32.5 Å². The molecule has 0 unspecified atom stereocenters. The molecule has 1 amide bonds. The van der Waals surface area contributed by atoms with Crippen molar-refractivity contribution in [3.63, 3.8) is 0 Å². The highest BCUT2D eigenvalue weighted by Crippen LogP contribution is 2.29. The predicted molar refractivity (Wildman–Crippen MR) is 100 cm³/mol. The summed E-state index contributed by atoms with van der Waals surface area (Å²) in [4.78, 5) is 16.7. The Morgan fingerprint density at radius 2 is 1.96 bits per heavy atom. The summed E-state index contributed by atoms with van der Waals surface area (Å²) < 4.78 is 28.1. The van der Waals surface area contributed by atoms with E-state index in [0.29, 0.717) is 12.8 Å². The fourth-order valence-corrected chi connectivity index (χ4v) is 4.39. The Morgan fingerprint density at radius 3 is 2.81 bits per heavy atom. The number of anilines is 1. The average Bonchev–Trinajstić information content (AvgIpc) is 3.06. The first-order valence-electron chi connectivity index (χ1n) is 8.40. The van der Waals surface area contributed by atoms with E-state index in [1.54, 1.807) is 30.1 Å². The molecule has 2 heterocycles. The van der Waals surface area contributed by atoms with Crippen molar-refractivity contribution in [3.05, 3.63) is 59.8 Å². The second-order valence-electron chi connectivity index (χ2n) is 6.43. The van der Waals surface area contributed by atoms with Gasteiger partial charge in [0.2, 0.25) is 15.9 Å². The van der Waals surface area contributed by atoms with Crippen molar-refractivity contribution < 1.29 is 13.2 Å². The topological polar surface area (TPSA) is 82.3 Å². The number of aryl methyl sites for hydroxylation is 1. The maximum absolute atomic E-state index is 12.7. The van der Waals surface area contributed by atoms with Crippen LogP contribution in [0.1, 0.15) is 17.5 Å². The van der Waals surface area contributed by atoms with Gasteiger partial charge in [0.25, 0.3) is 0 Å². The summed E-state index contributed by atoms with van der Waals surface area (Å²) in [6.45, 7) is 0.210. The number of aromatic nitrogens is 1. The Balaban J connectivity index is 1.58. The Kier molecular flexibility index (Phi) is 4.05. The molecule has 0 saturated heterocycles. The van der Waals surface area contributed by atoms with E-state index in [9.17, 15) is 13.2 Å². The number of fused-ring (bicyclic) bond motifs is 2. The van der Waals surface area contributed by atoms with Gasteiger partial charge in [-0.1, -0.05) is 18.2 Å². The molecule has 0 aliphatic carbocycles. The number of hydrogen-bond donors (Lipinski definition) is 2. The van der Waals surface area contributed by atoms with Crippen molar-refractivity contribution in [2.45, 2.75) is 24.3 Å². The van der Waals surface area contributed by atoms with Crippen LogP contribution in [-0.2, 0) is 27.8 Å². The summed E-state index contributed by atoms with van der Waals surface area (Å²) in [5.74, 6) is 0.0468. The molecule has 0 atom stereocenters. The zero-order valence-corrected chi connectivity index (χ0v) is 15.1. The number of hydrogen-bond acceptors (Lipinski definition) is 3. The number of nitrogens with zero attached hydrogens (tertiary/aromatic N) is 1. The number of nitrogens with one attached hydrogen (secondary N) is 2. The van der Waals surface area contributed by atoms with Crippen molar-refractivity contribution in [1.29, 1.82) is 0 Å². The van der Waals surface area contributed by atoms with Crippen LogP contribution in [0.2, 0.25) is 0 Å². The molecule has 2 aromatic carbocycles. The van der Waals surface area contributed by atoms with E-state index in [0.717, 1.165) is 27.7 Å². The first-order chi connectivity index (χ1) is 12.5. The lowest BCUT2D eigenvalue weighted by Gasteiger charge is -2.26. The maximum Gasteiger partial charge on any atom is 0.240 e. The van der Waals surface area contributed by atoms with Crippen LogP contribution >= 0.6 is 0 Å². The average molecular weight is 369 g/mol. The number of sulfonamides is 1. The smallest absolute Gasteiger partial charge is 0.240 e. The zero-order chi connectivity index (χ0) is 18.3. The Labute approximate surface area is 151 Å². The summed E-state index contributed by atoms with van der Waals surface area (Å²) in [5, 5.41) is 1.00. The quantitative estimate of drug-likeness (QED) is 0.741. The molecule has 0 spiro atoms. The third-order valence-electron chi connectivity index (χ3n) is 4.83. The minimum absolute atomic E-state index is 0.0468. The number of amides is 1. The first-order valence-corrected chi connectivity index (χ1v) is 9.88. The highest BCUT2D eigenvalue weighted by Gasteiger charge is 2.23. The lowest BCUT2D eigenvalue weighted by Crippen LogP contribution is -2.31. The molecule has 1 aliphatic rings. The van der Waals surface area contributed by atoms with Gasteiger partial charge in [0.05, 0.1) is 4.90 Å². The number of rotatable bonds is 4. The molecule has 0 bridgehead atoms. The van der Waals surface area contributed by atoms with Crippen molar-refractivity contribution in [3.8, 4) is 0 Å². The summed E-state index contributed by atoms with van der Waals surface area (Å²) in [7, 11) is -1.92. The van der Waals surface area contributed by atoms with Crippen molar-refractivity contribution in [1.82, 2.24) is 9.71 Å². The number of carbonyl (C=O) groups is 1. The molecule has 4 rings (SSSR count). The molecule has 3 aromatic rings. The van der Waals surface area contributed by atoms with Crippen molar-refractivity contribution in [2.24, 2.45) is 0 Å². The van der Waals surface area contributed by atoms with Gasteiger partial charge in [-0.25, -0.2) is 13.1 Å². The van der Waals surface area contributed by atoms with Crippen LogP contribution in [-0.4, -0.2) is 26.4 Å². The van der Waals surface area contributed by atoms with E-state index in [-0.39, 0.29) is 17.3 Å². The van der Waals surface area contributed by atoms with Gasteiger partial charge in [0, 0.05) is 42.8 Å². The molecule has 0 saturated carbocycles. The van der Waals surface area contributed by atoms with Gasteiger partial charge >= 0.3 is 0 Å². The van der Waals surface area contributed by atoms with Crippen molar-refractivity contribution in [2.75, 3.05) is 11.9 Å². The van der Waals surface area contributed by atoms with Gasteiger partial charge in [-0.05, 0) is 41.8 Å². The molecule has 2 N–H and O–H groups in total. The number of carbonyl (C=O) groups excluding carboxylic acids is 1. The van der Waals surface area contributed by atoms with Gasteiger partial charge in [-0.3, -0.25) is 4.79 Å². The molecular formula is C19H19N3O3S. The van der Waals surface area contributed by atoms with Gasteiger partial charge < -0.3 is 9.88 Å². The van der Waals surface area contributed by atoms with E-state index in [1.165, 1.54) is 0 Å². The van der Waals surface area contributed by atoms with Crippen LogP contribution in [0.15, 0.2) is 53.6 Å². The predicted octanol–water partition coefficient (Wildman–Crippen LogP) is 2.56. The fourth-order valence-electron chi connectivity index (χ4n) is 3.33. The van der Waals surface area contributed by atoms with E-state index < -0.39 is 10.0 Å². The third kappa shape index (κ3) is 2.89. The second-order valence-corrected chi connectivity index (χ2v) is 8.19. The van der Waals surface area contributed by atoms with Gasteiger partial charge in [0.1, 0.15) is 0 Å². The van der Waals surface area contributed by atoms with Crippen LogP contribution in [0.3, 0.4) is 0 Å². The minimum Gasteiger partial charge on any atom is -0.361 e.